The molecule has 2 aromatic rings. The van der Waals surface area contributed by atoms with Crippen LogP contribution in [-0.2, 0) is 16.0 Å². The van der Waals surface area contributed by atoms with Crippen LogP contribution in [0, 0.1) is 0 Å². The molecular weight excluding hydrogens is 432 g/mol. The molecule has 3 rings (SSSR count). The standard InChI is InChI=1S/C23H24N2O6S/c1-2-15-3-5-16(6-4-15)13-20-22(29)25(23(30)32-20)10-12-31-11-9-24-21(28)17-7-8-18(26)19(27)14-17/h3-8,13-14,26-27H,2,9-12H2,1H3,(H,24,28). The number of benzene rings is 2. The molecule has 8 nitrogen and oxygen atoms in total. The van der Waals surface area contributed by atoms with Crippen LogP contribution in [-0.4, -0.2) is 58.5 Å². The smallest absolute Gasteiger partial charge is 0.293 e. The second-order valence-electron chi connectivity index (χ2n) is 7.00. The van der Waals surface area contributed by atoms with E-state index >= 15 is 0 Å². The molecule has 2 aromatic carbocycles. The Morgan fingerprint density at radius 1 is 1.09 bits per heavy atom. The zero-order valence-corrected chi connectivity index (χ0v) is 18.4. The minimum absolute atomic E-state index is 0.122. The van der Waals surface area contributed by atoms with Crippen molar-refractivity contribution in [2.75, 3.05) is 26.3 Å². The molecule has 3 amide bonds. The maximum Gasteiger partial charge on any atom is 0.293 e. The lowest BCUT2D eigenvalue weighted by Crippen LogP contribution is -2.33. The first-order valence-corrected chi connectivity index (χ1v) is 10.9. The van der Waals surface area contributed by atoms with Gasteiger partial charge in [-0.15, -0.1) is 0 Å². The summed E-state index contributed by atoms with van der Waals surface area (Å²) in [7, 11) is 0. The number of amides is 3. The molecule has 1 aliphatic rings. The van der Waals surface area contributed by atoms with Gasteiger partial charge in [0.25, 0.3) is 17.1 Å². The van der Waals surface area contributed by atoms with Crippen molar-refractivity contribution in [3.63, 3.8) is 0 Å². The first-order chi connectivity index (χ1) is 15.4. The van der Waals surface area contributed by atoms with Crippen molar-refractivity contribution in [2.24, 2.45) is 0 Å². The number of phenolic OH excluding ortho intramolecular Hbond substituents is 2. The molecule has 0 unspecified atom stereocenters. The second kappa shape index (κ2) is 10.8. The monoisotopic (exact) mass is 456 g/mol. The first kappa shape index (κ1) is 23.4. The van der Waals surface area contributed by atoms with E-state index in [0.29, 0.717) is 4.91 Å². The third kappa shape index (κ3) is 5.89. The lowest BCUT2D eigenvalue weighted by molar-refractivity contribution is -0.123. The number of phenols is 2. The van der Waals surface area contributed by atoms with E-state index in [1.165, 1.54) is 17.7 Å². The summed E-state index contributed by atoms with van der Waals surface area (Å²) in [5.41, 5.74) is 2.26. The topological polar surface area (TPSA) is 116 Å². The molecule has 3 N–H and O–H groups in total. The van der Waals surface area contributed by atoms with E-state index in [9.17, 15) is 24.6 Å². The summed E-state index contributed by atoms with van der Waals surface area (Å²) in [4.78, 5) is 38.2. The van der Waals surface area contributed by atoms with Gasteiger partial charge in [0.2, 0.25) is 0 Å². The molecule has 0 aliphatic carbocycles. The van der Waals surface area contributed by atoms with Gasteiger partial charge in [-0.3, -0.25) is 19.3 Å². The number of hydrogen-bond acceptors (Lipinski definition) is 7. The number of nitrogens with one attached hydrogen (secondary N) is 1. The normalized spacial score (nSPS) is 14.9. The van der Waals surface area contributed by atoms with E-state index in [2.05, 4.69) is 12.2 Å². The highest BCUT2D eigenvalue weighted by Gasteiger charge is 2.34. The number of nitrogens with zero attached hydrogens (tertiary/aromatic N) is 1. The van der Waals surface area contributed by atoms with Crippen molar-refractivity contribution in [1.29, 1.82) is 0 Å². The van der Waals surface area contributed by atoms with Gasteiger partial charge in [-0.1, -0.05) is 31.2 Å². The minimum Gasteiger partial charge on any atom is -0.504 e. The van der Waals surface area contributed by atoms with Crippen LogP contribution >= 0.6 is 11.8 Å². The number of rotatable bonds is 9. The van der Waals surface area contributed by atoms with Crippen LogP contribution in [0.25, 0.3) is 6.08 Å². The van der Waals surface area contributed by atoms with E-state index in [4.69, 9.17) is 4.74 Å². The molecule has 32 heavy (non-hydrogen) atoms. The molecule has 168 valence electrons. The Bertz CT molecular complexity index is 1040. The van der Waals surface area contributed by atoms with E-state index < -0.39 is 5.91 Å². The van der Waals surface area contributed by atoms with Crippen molar-refractivity contribution >= 4 is 34.9 Å². The number of aryl methyl sites for hydroxylation is 1. The Labute approximate surface area is 189 Å². The summed E-state index contributed by atoms with van der Waals surface area (Å²) in [6.45, 7) is 2.72. The molecule has 9 heteroatoms. The van der Waals surface area contributed by atoms with Crippen molar-refractivity contribution in [1.82, 2.24) is 10.2 Å². The summed E-state index contributed by atoms with van der Waals surface area (Å²) < 4.78 is 5.42. The number of thioether (sulfide) groups is 1. The summed E-state index contributed by atoms with van der Waals surface area (Å²) >= 11 is 0.906. The molecule has 0 aromatic heterocycles. The number of imide groups is 1. The molecule has 0 saturated carbocycles. The Kier molecular flexibility index (Phi) is 7.91. The number of carbonyl (C=O) groups excluding carboxylic acids is 3. The van der Waals surface area contributed by atoms with E-state index in [1.54, 1.807) is 6.08 Å². The molecule has 1 heterocycles. The van der Waals surface area contributed by atoms with Gasteiger partial charge in [0, 0.05) is 12.1 Å². The maximum absolute atomic E-state index is 12.5. The Morgan fingerprint density at radius 2 is 1.84 bits per heavy atom. The van der Waals surface area contributed by atoms with Gasteiger partial charge in [0.15, 0.2) is 11.5 Å². The van der Waals surface area contributed by atoms with Crippen molar-refractivity contribution in [3.05, 3.63) is 64.1 Å². The highest BCUT2D eigenvalue weighted by Crippen LogP contribution is 2.32. The lowest BCUT2D eigenvalue weighted by atomic mass is 10.1. The van der Waals surface area contributed by atoms with E-state index in [1.807, 2.05) is 24.3 Å². The number of carbonyl (C=O) groups is 3. The molecule has 0 radical (unpaired) electrons. The van der Waals surface area contributed by atoms with Gasteiger partial charge in [0.05, 0.1) is 24.7 Å². The predicted molar refractivity (Wildman–Crippen MR) is 121 cm³/mol. The van der Waals surface area contributed by atoms with Gasteiger partial charge in [-0.2, -0.15) is 0 Å². The molecule has 1 aliphatic heterocycles. The summed E-state index contributed by atoms with van der Waals surface area (Å²) in [5.74, 6) is -1.45. The third-order valence-electron chi connectivity index (χ3n) is 4.79. The van der Waals surface area contributed by atoms with Crippen LogP contribution in [0.15, 0.2) is 47.4 Å². The average Bonchev–Trinajstić information content (AvgIpc) is 3.05. The Morgan fingerprint density at radius 3 is 2.53 bits per heavy atom. The van der Waals surface area contributed by atoms with Crippen molar-refractivity contribution in [3.8, 4) is 11.5 Å². The Balaban J connectivity index is 1.41. The van der Waals surface area contributed by atoms with Crippen molar-refractivity contribution in [2.45, 2.75) is 13.3 Å². The van der Waals surface area contributed by atoms with E-state index in [-0.39, 0.29) is 54.5 Å². The fraction of sp³-hybridized carbons (Fsp3) is 0.261. The lowest BCUT2D eigenvalue weighted by Gasteiger charge is -2.12. The summed E-state index contributed by atoms with van der Waals surface area (Å²) in [6, 6.07) is 11.6. The number of hydrogen-bond donors (Lipinski definition) is 3. The fourth-order valence-corrected chi connectivity index (χ4v) is 3.82. The van der Waals surface area contributed by atoms with Gasteiger partial charge in [-0.25, -0.2) is 0 Å². The number of aromatic hydroxyl groups is 2. The highest BCUT2D eigenvalue weighted by atomic mass is 32.2. The zero-order valence-electron chi connectivity index (χ0n) is 17.5. The highest BCUT2D eigenvalue weighted by molar-refractivity contribution is 8.18. The zero-order chi connectivity index (χ0) is 23.1. The SMILES string of the molecule is CCc1ccc(C=C2SC(=O)N(CCOCCNC(=O)c3ccc(O)c(O)c3)C2=O)cc1. The van der Waals surface area contributed by atoms with Crippen molar-refractivity contribution < 1.29 is 29.3 Å². The van der Waals surface area contributed by atoms with Gasteiger partial charge < -0.3 is 20.3 Å². The van der Waals surface area contributed by atoms with Gasteiger partial charge >= 0.3 is 0 Å². The maximum atomic E-state index is 12.5. The van der Waals surface area contributed by atoms with Crippen LogP contribution in [0.2, 0.25) is 0 Å². The fourth-order valence-electron chi connectivity index (χ4n) is 2.96. The van der Waals surface area contributed by atoms with Crippen LogP contribution < -0.4 is 5.32 Å². The molecule has 1 saturated heterocycles. The molecule has 1 fully saturated rings. The van der Waals surface area contributed by atoms with Crippen LogP contribution in [0.3, 0.4) is 0 Å². The van der Waals surface area contributed by atoms with E-state index in [0.717, 1.165) is 34.7 Å². The number of ether oxygens (including phenoxy) is 1. The Hall–Kier alpha value is -3.30. The van der Waals surface area contributed by atoms with Crippen LogP contribution in [0.5, 0.6) is 11.5 Å². The molecular formula is C23H24N2O6S. The average molecular weight is 457 g/mol. The predicted octanol–water partition coefficient (Wildman–Crippen LogP) is 3.14. The third-order valence-corrected chi connectivity index (χ3v) is 5.70. The minimum atomic E-state index is -0.424. The molecule has 0 atom stereocenters. The van der Waals surface area contributed by atoms with Gasteiger partial charge in [-0.05, 0) is 53.6 Å². The first-order valence-electron chi connectivity index (χ1n) is 10.1. The summed E-state index contributed by atoms with van der Waals surface area (Å²) in [5, 5.41) is 21.0. The molecule has 0 spiro atoms. The van der Waals surface area contributed by atoms with Crippen LogP contribution in [0.1, 0.15) is 28.4 Å². The van der Waals surface area contributed by atoms with Crippen LogP contribution in [0.4, 0.5) is 4.79 Å². The van der Waals surface area contributed by atoms with Gasteiger partial charge in [0.1, 0.15) is 0 Å². The quantitative estimate of drug-likeness (QED) is 0.302. The summed E-state index contributed by atoms with van der Waals surface area (Å²) in [6.07, 6.45) is 2.64. The second-order valence-corrected chi connectivity index (χ2v) is 7.99. The molecule has 0 bridgehead atoms. The largest absolute Gasteiger partial charge is 0.504 e.